The number of carbonyl (C=O) groups excluding carboxylic acids is 1. The number of methoxy groups -OCH3 is 1. The van der Waals surface area contributed by atoms with E-state index in [9.17, 15) is 22.4 Å². The molecule has 9 heteroatoms. The molecule has 1 aromatic rings. The topological polar surface area (TPSA) is 59.6 Å². The van der Waals surface area contributed by atoms with Gasteiger partial charge in [-0.25, -0.2) is 4.39 Å². The van der Waals surface area contributed by atoms with Crippen molar-refractivity contribution in [3.8, 4) is 11.5 Å². The van der Waals surface area contributed by atoms with Crippen LogP contribution in [0, 0.1) is 11.7 Å². The van der Waals surface area contributed by atoms with E-state index in [4.69, 9.17) is 9.47 Å². The maximum Gasteiger partial charge on any atom is 0.391 e. The largest absolute Gasteiger partial charge is 0.496 e. The third-order valence-corrected chi connectivity index (χ3v) is 5.60. The van der Waals surface area contributed by atoms with Crippen molar-refractivity contribution in [3.63, 3.8) is 0 Å². The Kier molecular flexibility index (Phi) is 6.87. The molecule has 1 atom stereocenters. The van der Waals surface area contributed by atoms with Gasteiger partial charge in [-0.05, 0) is 51.1 Å². The third-order valence-electron chi connectivity index (χ3n) is 5.60. The van der Waals surface area contributed by atoms with Crippen molar-refractivity contribution >= 4 is 5.91 Å². The molecule has 5 nitrogen and oxygen atoms in total. The van der Waals surface area contributed by atoms with Gasteiger partial charge in [0.15, 0.2) is 11.6 Å². The van der Waals surface area contributed by atoms with Crippen LogP contribution < -0.4 is 20.1 Å². The van der Waals surface area contributed by atoms with E-state index in [1.165, 1.54) is 19.2 Å². The second-order valence-electron chi connectivity index (χ2n) is 7.59. The summed E-state index contributed by atoms with van der Waals surface area (Å²) < 4.78 is 63.8. The first-order chi connectivity index (χ1) is 13.8. The van der Waals surface area contributed by atoms with E-state index in [1.807, 2.05) is 0 Å². The molecule has 1 aliphatic heterocycles. The van der Waals surface area contributed by atoms with Gasteiger partial charge in [-0.2, -0.15) is 13.2 Å². The summed E-state index contributed by atoms with van der Waals surface area (Å²) in [7, 11) is 1.43. The van der Waals surface area contributed by atoms with Crippen molar-refractivity contribution < 1.29 is 31.8 Å². The van der Waals surface area contributed by atoms with E-state index in [2.05, 4.69) is 10.6 Å². The molecule has 2 aliphatic rings. The molecular formula is C20H26F4N2O3. The molecular weight excluding hydrogens is 392 g/mol. The van der Waals surface area contributed by atoms with Gasteiger partial charge in [-0.1, -0.05) is 0 Å². The third kappa shape index (κ3) is 5.52. The lowest BCUT2D eigenvalue weighted by atomic mass is 9.87. The highest BCUT2D eigenvalue weighted by Crippen LogP contribution is 2.39. The van der Waals surface area contributed by atoms with E-state index < -0.39 is 24.0 Å². The number of benzene rings is 1. The van der Waals surface area contributed by atoms with Crippen LogP contribution in [0.25, 0.3) is 0 Å². The molecule has 3 rings (SSSR count). The van der Waals surface area contributed by atoms with Crippen LogP contribution in [0.1, 0.15) is 44.1 Å². The lowest BCUT2D eigenvalue weighted by molar-refractivity contribution is -0.185. The van der Waals surface area contributed by atoms with Gasteiger partial charge in [-0.15, -0.1) is 0 Å². The first kappa shape index (κ1) is 21.7. The van der Waals surface area contributed by atoms with E-state index in [1.54, 1.807) is 0 Å². The average Bonchev–Trinajstić information content (AvgIpc) is 3.22. The number of amides is 1. The summed E-state index contributed by atoms with van der Waals surface area (Å²) in [6.07, 6.45) is -2.56. The van der Waals surface area contributed by atoms with Gasteiger partial charge in [0, 0.05) is 18.2 Å². The molecule has 1 saturated heterocycles. The summed E-state index contributed by atoms with van der Waals surface area (Å²) in [5.41, 5.74) is 0.462. The molecule has 0 aromatic heterocycles. The lowest BCUT2D eigenvalue weighted by Gasteiger charge is -2.30. The molecule has 162 valence electrons. The number of hydrogen-bond acceptors (Lipinski definition) is 4. The first-order valence-electron chi connectivity index (χ1n) is 9.88. The van der Waals surface area contributed by atoms with Gasteiger partial charge < -0.3 is 20.1 Å². The van der Waals surface area contributed by atoms with Crippen LogP contribution in [0.4, 0.5) is 17.6 Å². The summed E-state index contributed by atoms with van der Waals surface area (Å²) in [6, 6.07) is 2.39. The Morgan fingerprint density at radius 3 is 2.48 bits per heavy atom. The minimum absolute atomic E-state index is 0.0216. The molecule has 2 fully saturated rings. The van der Waals surface area contributed by atoms with Gasteiger partial charge in [-0.3, -0.25) is 4.79 Å². The van der Waals surface area contributed by atoms with Crippen molar-refractivity contribution in [2.45, 2.75) is 63.4 Å². The summed E-state index contributed by atoms with van der Waals surface area (Å²) in [4.78, 5) is 12.1. The number of carbonyl (C=O) groups is 1. The Hall–Kier alpha value is -2.03. The summed E-state index contributed by atoms with van der Waals surface area (Å²) in [5, 5.41) is 5.86. The van der Waals surface area contributed by atoms with Crippen LogP contribution in [0.5, 0.6) is 11.5 Å². The number of rotatable bonds is 6. The SMILES string of the molecule is COc1cc(OC2CCC(C(F)(F)F)CC2)c(F)cc1CNC(=O)[C@@H]1CCCN1. The standard InChI is InChI=1S/C20H26F4N2O3/c1-28-17-10-18(29-14-6-4-13(5-7-14)20(22,23)24)15(21)9-12(17)11-26-19(27)16-3-2-8-25-16/h9-10,13-14,16,25H,2-8,11H2,1H3,(H,26,27)/t13?,14?,16-/m0/s1. The zero-order chi connectivity index (χ0) is 21.0. The predicted octanol–water partition coefficient (Wildman–Crippen LogP) is 3.70. The van der Waals surface area contributed by atoms with Gasteiger partial charge in [0.1, 0.15) is 5.75 Å². The maximum atomic E-state index is 14.5. The van der Waals surface area contributed by atoms with E-state index in [0.717, 1.165) is 19.4 Å². The van der Waals surface area contributed by atoms with Gasteiger partial charge in [0.05, 0.1) is 25.2 Å². The molecule has 0 radical (unpaired) electrons. The fourth-order valence-electron chi connectivity index (χ4n) is 3.90. The molecule has 0 bridgehead atoms. The van der Waals surface area contributed by atoms with Crippen molar-refractivity contribution in [3.05, 3.63) is 23.5 Å². The van der Waals surface area contributed by atoms with E-state index >= 15 is 0 Å². The van der Waals surface area contributed by atoms with Crippen molar-refractivity contribution in [1.82, 2.24) is 10.6 Å². The summed E-state index contributed by atoms with van der Waals surface area (Å²) >= 11 is 0. The molecule has 1 aliphatic carbocycles. The zero-order valence-corrected chi connectivity index (χ0v) is 16.3. The molecule has 0 unspecified atom stereocenters. The number of hydrogen-bond donors (Lipinski definition) is 2. The quantitative estimate of drug-likeness (QED) is 0.692. The fraction of sp³-hybridized carbons (Fsp3) is 0.650. The second kappa shape index (κ2) is 9.19. The number of ether oxygens (including phenoxy) is 2. The monoisotopic (exact) mass is 418 g/mol. The van der Waals surface area contributed by atoms with Crippen LogP contribution in [0.3, 0.4) is 0 Å². The van der Waals surface area contributed by atoms with Gasteiger partial charge in [0.25, 0.3) is 0 Å². The molecule has 1 amide bonds. The molecule has 1 saturated carbocycles. The minimum atomic E-state index is -4.19. The molecule has 0 spiro atoms. The smallest absolute Gasteiger partial charge is 0.391 e. The molecule has 2 N–H and O–H groups in total. The van der Waals surface area contributed by atoms with E-state index in [-0.39, 0.29) is 49.9 Å². The summed E-state index contributed by atoms with van der Waals surface area (Å²) in [5.74, 6) is -1.80. The highest BCUT2D eigenvalue weighted by atomic mass is 19.4. The Morgan fingerprint density at radius 1 is 1.17 bits per heavy atom. The number of nitrogens with one attached hydrogen (secondary N) is 2. The van der Waals surface area contributed by atoms with E-state index in [0.29, 0.717) is 11.3 Å². The van der Waals surface area contributed by atoms with Crippen LogP contribution in [0.15, 0.2) is 12.1 Å². The van der Waals surface area contributed by atoms with Gasteiger partial charge >= 0.3 is 6.18 Å². The Labute approximate surface area is 167 Å². The van der Waals surface area contributed by atoms with Crippen molar-refractivity contribution in [2.24, 2.45) is 5.92 Å². The maximum absolute atomic E-state index is 14.5. The normalized spacial score (nSPS) is 24.9. The molecule has 1 aromatic carbocycles. The zero-order valence-electron chi connectivity index (χ0n) is 16.3. The Balaban J connectivity index is 1.60. The van der Waals surface area contributed by atoms with Crippen LogP contribution in [0.2, 0.25) is 0 Å². The second-order valence-corrected chi connectivity index (χ2v) is 7.59. The van der Waals surface area contributed by atoms with Crippen molar-refractivity contribution in [2.75, 3.05) is 13.7 Å². The van der Waals surface area contributed by atoms with Gasteiger partial charge in [0.2, 0.25) is 5.91 Å². The van der Waals surface area contributed by atoms with Crippen molar-refractivity contribution in [1.29, 1.82) is 0 Å². The van der Waals surface area contributed by atoms with Crippen LogP contribution in [-0.2, 0) is 11.3 Å². The number of alkyl halides is 3. The minimum Gasteiger partial charge on any atom is -0.496 e. The highest BCUT2D eigenvalue weighted by Gasteiger charge is 2.41. The molecule has 1 heterocycles. The van der Waals surface area contributed by atoms with Crippen LogP contribution >= 0.6 is 0 Å². The van der Waals surface area contributed by atoms with Crippen LogP contribution in [-0.4, -0.2) is 37.9 Å². The fourth-order valence-corrected chi connectivity index (χ4v) is 3.90. The highest BCUT2D eigenvalue weighted by molar-refractivity contribution is 5.82. The Bertz CT molecular complexity index is 712. The Morgan fingerprint density at radius 2 is 1.90 bits per heavy atom. The summed E-state index contributed by atoms with van der Waals surface area (Å²) in [6.45, 7) is 0.904. The first-order valence-corrected chi connectivity index (χ1v) is 9.88. The average molecular weight is 418 g/mol. The lowest BCUT2D eigenvalue weighted by Crippen LogP contribution is -2.40. The predicted molar refractivity (Wildman–Crippen MR) is 98.3 cm³/mol. The number of halogens is 4. The molecule has 29 heavy (non-hydrogen) atoms.